The smallest absolute Gasteiger partial charge is 0.255 e. The highest BCUT2D eigenvalue weighted by atomic mass is 32.2. The van der Waals surface area contributed by atoms with Crippen molar-refractivity contribution in [2.24, 2.45) is 0 Å². The molecular formula is C25H28N2O5S. The molecule has 0 unspecified atom stereocenters. The molecule has 0 radical (unpaired) electrons. The Morgan fingerprint density at radius 2 is 1.67 bits per heavy atom. The summed E-state index contributed by atoms with van der Waals surface area (Å²) in [5, 5.41) is 2.84. The highest BCUT2D eigenvalue weighted by Gasteiger charge is 2.15. The lowest BCUT2D eigenvalue weighted by Gasteiger charge is -2.15. The third-order valence-electron chi connectivity index (χ3n) is 4.98. The number of methoxy groups -OCH3 is 1. The molecule has 3 aromatic rings. The van der Waals surface area contributed by atoms with Crippen molar-refractivity contribution in [1.82, 2.24) is 0 Å². The number of nitrogens with one attached hydrogen (secondary N) is 2. The largest absolute Gasteiger partial charge is 0.493 e. The van der Waals surface area contributed by atoms with Crippen LogP contribution in [0.3, 0.4) is 0 Å². The van der Waals surface area contributed by atoms with Crippen LogP contribution >= 0.6 is 0 Å². The van der Waals surface area contributed by atoms with Crippen molar-refractivity contribution < 1.29 is 22.7 Å². The summed E-state index contributed by atoms with van der Waals surface area (Å²) >= 11 is 0. The number of benzene rings is 3. The summed E-state index contributed by atoms with van der Waals surface area (Å²) in [5.41, 5.74) is 2.98. The number of ether oxygens (including phenoxy) is 2. The second-order valence-electron chi connectivity index (χ2n) is 7.49. The first-order chi connectivity index (χ1) is 15.8. The minimum atomic E-state index is -3.44. The Kier molecular flexibility index (Phi) is 7.95. The number of hydrogen-bond donors (Lipinski definition) is 2. The third-order valence-corrected chi connectivity index (χ3v) is 6.46. The maximum atomic E-state index is 12.9. The SMILES string of the molecule is CCCS(=O)(=O)Nc1cccc(NC(=O)c2ccc(OCc3ccccc3)c(OC)c2)c1C. The molecule has 2 N–H and O–H groups in total. The highest BCUT2D eigenvalue weighted by molar-refractivity contribution is 7.92. The van der Waals surface area contributed by atoms with E-state index in [1.807, 2.05) is 30.3 Å². The van der Waals surface area contributed by atoms with Crippen LogP contribution in [-0.2, 0) is 16.6 Å². The Labute approximate surface area is 194 Å². The van der Waals surface area contributed by atoms with Crippen LogP contribution in [0.1, 0.15) is 34.8 Å². The van der Waals surface area contributed by atoms with Crippen LogP contribution in [0.25, 0.3) is 0 Å². The van der Waals surface area contributed by atoms with Crippen molar-refractivity contribution >= 4 is 27.3 Å². The van der Waals surface area contributed by atoms with Gasteiger partial charge in [0, 0.05) is 11.3 Å². The minimum Gasteiger partial charge on any atom is -0.493 e. The summed E-state index contributed by atoms with van der Waals surface area (Å²) in [7, 11) is -1.92. The fourth-order valence-corrected chi connectivity index (χ4v) is 4.42. The summed E-state index contributed by atoms with van der Waals surface area (Å²) in [6.45, 7) is 3.93. The van der Waals surface area contributed by atoms with Gasteiger partial charge in [-0.2, -0.15) is 0 Å². The molecule has 3 aromatic carbocycles. The molecule has 0 aliphatic carbocycles. The molecular weight excluding hydrogens is 440 g/mol. The fourth-order valence-electron chi connectivity index (χ4n) is 3.23. The van der Waals surface area contributed by atoms with Crippen LogP contribution in [0.5, 0.6) is 11.5 Å². The number of amides is 1. The van der Waals surface area contributed by atoms with Crippen molar-refractivity contribution in [3.05, 3.63) is 83.4 Å². The zero-order valence-corrected chi connectivity index (χ0v) is 19.7. The molecule has 0 saturated heterocycles. The summed E-state index contributed by atoms with van der Waals surface area (Å²) in [5.74, 6) is 0.652. The van der Waals surface area contributed by atoms with Gasteiger partial charge in [0.1, 0.15) is 6.61 Å². The molecule has 0 atom stereocenters. The fraction of sp³-hybridized carbons (Fsp3) is 0.240. The number of rotatable bonds is 10. The zero-order chi connectivity index (χ0) is 23.8. The van der Waals surface area contributed by atoms with E-state index in [0.29, 0.717) is 47.0 Å². The number of carbonyl (C=O) groups excluding carboxylic acids is 1. The van der Waals surface area contributed by atoms with E-state index in [2.05, 4.69) is 10.0 Å². The van der Waals surface area contributed by atoms with Crippen molar-refractivity contribution in [2.75, 3.05) is 22.9 Å². The molecule has 0 heterocycles. The average molecular weight is 469 g/mol. The number of sulfonamides is 1. The lowest BCUT2D eigenvalue weighted by molar-refractivity contribution is 0.102. The molecule has 1 amide bonds. The van der Waals surface area contributed by atoms with Crippen molar-refractivity contribution in [3.63, 3.8) is 0 Å². The molecule has 0 spiro atoms. The summed E-state index contributed by atoms with van der Waals surface area (Å²) < 4.78 is 38.1. The molecule has 0 aliphatic rings. The van der Waals surface area contributed by atoms with Crippen LogP contribution in [-0.4, -0.2) is 27.2 Å². The van der Waals surface area contributed by atoms with Gasteiger partial charge in [-0.25, -0.2) is 8.42 Å². The number of hydrogen-bond acceptors (Lipinski definition) is 5. The van der Waals surface area contributed by atoms with E-state index in [-0.39, 0.29) is 11.7 Å². The van der Waals surface area contributed by atoms with Gasteiger partial charge in [-0.15, -0.1) is 0 Å². The van der Waals surface area contributed by atoms with Crippen LogP contribution < -0.4 is 19.5 Å². The Balaban J connectivity index is 1.74. The van der Waals surface area contributed by atoms with Crippen LogP contribution in [0, 0.1) is 6.92 Å². The van der Waals surface area contributed by atoms with Gasteiger partial charge in [0.05, 0.1) is 18.6 Å². The van der Waals surface area contributed by atoms with Gasteiger partial charge in [0.25, 0.3) is 5.91 Å². The van der Waals surface area contributed by atoms with Gasteiger partial charge in [-0.1, -0.05) is 43.3 Å². The molecule has 33 heavy (non-hydrogen) atoms. The van der Waals surface area contributed by atoms with Crippen molar-refractivity contribution in [3.8, 4) is 11.5 Å². The Morgan fingerprint density at radius 1 is 0.939 bits per heavy atom. The Hall–Kier alpha value is -3.52. The predicted octanol–water partition coefficient (Wildman–Crippen LogP) is 4.99. The summed E-state index contributed by atoms with van der Waals surface area (Å²) in [6, 6.07) is 19.8. The lowest BCUT2D eigenvalue weighted by atomic mass is 10.1. The van der Waals surface area contributed by atoms with E-state index < -0.39 is 10.0 Å². The normalized spacial score (nSPS) is 11.0. The van der Waals surface area contributed by atoms with Gasteiger partial charge in [-0.3, -0.25) is 9.52 Å². The second-order valence-corrected chi connectivity index (χ2v) is 9.33. The van der Waals surface area contributed by atoms with Gasteiger partial charge >= 0.3 is 0 Å². The monoisotopic (exact) mass is 468 g/mol. The van der Waals surface area contributed by atoms with E-state index >= 15 is 0 Å². The van der Waals surface area contributed by atoms with E-state index in [4.69, 9.17) is 9.47 Å². The summed E-state index contributed by atoms with van der Waals surface area (Å²) in [4.78, 5) is 12.9. The first-order valence-corrected chi connectivity index (χ1v) is 12.2. The molecule has 0 aliphatic heterocycles. The third kappa shape index (κ3) is 6.49. The van der Waals surface area contributed by atoms with Crippen LogP contribution in [0.4, 0.5) is 11.4 Å². The number of carbonyl (C=O) groups is 1. The van der Waals surface area contributed by atoms with Crippen LogP contribution in [0.2, 0.25) is 0 Å². The zero-order valence-electron chi connectivity index (χ0n) is 18.9. The van der Waals surface area contributed by atoms with Crippen molar-refractivity contribution in [1.29, 1.82) is 0 Å². The lowest BCUT2D eigenvalue weighted by Crippen LogP contribution is -2.18. The molecule has 3 rings (SSSR count). The van der Waals surface area contributed by atoms with Gasteiger partial charge in [0.2, 0.25) is 10.0 Å². The van der Waals surface area contributed by atoms with Gasteiger partial charge in [-0.05, 0) is 54.8 Å². The first-order valence-electron chi connectivity index (χ1n) is 10.6. The van der Waals surface area contributed by atoms with Crippen LogP contribution in [0.15, 0.2) is 66.7 Å². The first kappa shape index (κ1) is 24.1. The maximum Gasteiger partial charge on any atom is 0.255 e. The molecule has 0 aromatic heterocycles. The van der Waals surface area contributed by atoms with Crippen molar-refractivity contribution in [2.45, 2.75) is 26.9 Å². The average Bonchev–Trinajstić information content (AvgIpc) is 2.80. The van der Waals surface area contributed by atoms with E-state index in [0.717, 1.165) is 5.56 Å². The maximum absolute atomic E-state index is 12.9. The topological polar surface area (TPSA) is 93.7 Å². The standard InChI is InChI=1S/C25H28N2O5S/c1-4-15-33(29,30)27-22-12-8-11-21(18(22)2)26-25(28)20-13-14-23(24(16-20)31-3)32-17-19-9-6-5-7-10-19/h5-14,16,27H,4,15,17H2,1-3H3,(H,26,28). The van der Waals surface area contributed by atoms with E-state index in [1.165, 1.54) is 7.11 Å². The molecule has 7 nitrogen and oxygen atoms in total. The molecule has 8 heteroatoms. The van der Waals surface area contributed by atoms with E-state index in [1.54, 1.807) is 50.2 Å². The van der Waals surface area contributed by atoms with Gasteiger partial charge in [0.15, 0.2) is 11.5 Å². The molecule has 0 bridgehead atoms. The summed E-state index contributed by atoms with van der Waals surface area (Å²) in [6.07, 6.45) is 0.512. The molecule has 0 fully saturated rings. The van der Waals surface area contributed by atoms with Gasteiger partial charge < -0.3 is 14.8 Å². The molecule has 0 saturated carbocycles. The minimum absolute atomic E-state index is 0.0293. The second kappa shape index (κ2) is 10.9. The quantitative estimate of drug-likeness (QED) is 0.437. The molecule has 174 valence electrons. The Bertz CT molecular complexity index is 1210. The Morgan fingerprint density at radius 3 is 2.36 bits per heavy atom. The highest BCUT2D eigenvalue weighted by Crippen LogP contribution is 2.30. The van der Waals surface area contributed by atoms with E-state index in [9.17, 15) is 13.2 Å². The predicted molar refractivity (Wildman–Crippen MR) is 131 cm³/mol. The number of anilines is 2.